The first-order valence-electron chi connectivity index (χ1n) is 7.83. The first-order valence-corrected chi connectivity index (χ1v) is 10.1. The van der Waals surface area contributed by atoms with Crippen molar-refractivity contribution < 1.29 is 27.4 Å². The van der Waals surface area contributed by atoms with E-state index in [1.54, 1.807) is 24.3 Å². The highest BCUT2D eigenvalue weighted by Gasteiger charge is 2.16. The van der Waals surface area contributed by atoms with Crippen LogP contribution in [0.4, 0.5) is 0 Å². The number of rotatable bonds is 8. The van der Waals surface area contributed by atoms with Crippen molar-refractivity contribution in [2.45, 2.75) is 11.8 Å². The molecule has 0 saturated carbocycles. The molecule has 0 saturated heterocycles. The predicted octanol–water partition coefficient (Wildman–Crippen LogP) is 3.38. The molecule has 2 rings (SSSR count). The van der Waals surface area contributed by atoms with Crippen LogP contribution in [0.1, 0.15) is 17.3 Å². The molecule has 0 unspecified atom stereocenters. The average Bonchev–Trinajstić information content (AvgIpc) is 2.59. The summed E-state index contributed by atoms with van der Waals surface area (Å²) >= 11 is 5.95. The van der Waals surface area contributed by atoms with Gasteiger partial charge in [-0.2, -0.15) is 0 Å². The summed E-state index contributed by atoms with van der Waals surface area (Å²) in [4.78, 5) is 12.1. The van der Waals surface area contributed by atoms with Crippen LogP contribution in [0.2, 0.25) is 5.02 Å². The normalized spacial score (nSPS) is 11.0. The highest BCUT2D eigenvalue weighted by Crippen LogP contribution is 2.21. The summed E-state index contributed by atoms with van der Waals surface area (Å²) < 4.78 is 39.1. The van der Waals surface area contributed by atoms with Gasteiger partial charge in [-0.3, -0.25) is 0 Å². The number of carbonyl (C=O) groups is 1. The van der Waals surface area contributed by atoms with Gasteiger partial charge in [0.2, 0.25) is 0 Å². The monoisotopic (exact) mass is 398 g/mol. The lowest BCUT2D eigenvalue weighted by molar-refractivity contribution is 0.0450. The minimum Gasteiger partial charge on any atom is -0.494 e. The number of carbonyl (C=O) groups excluding carboxylic acids is 1. The van der Waals surface area contributed by atoms with Crippen LogP contribution in [-0.4, -0.2) is 40.5 Å². The van der Waals surface area contributed by atoms with Crippen LogP contribution in [0.3, 0.4) is 0 Å². The molecule has 8 heteroatoms. The SMILES string of the molecule is CCOc1ccc(OCCOC(=O)c2cc(S(C)(=O)=O)ccc2Cl)cc1. The summed E-state index contributed by atoms with van der Waals surface area (Å²) in [7, 11) is -3.45. The van der Waals surface area contributed by atoms with E-state index in [2.05, 4.69) is 0 Å². The summed E-state index contributed by atoms with van der Waals surface area (Å²) in [6.45, 7) is 2.62. The van der Waals surface area contributed by atoms with Gasteiger partial charge in [-0.15, -0.1) is 0 Å². The molecule has 0 heterocycles. The molecule has 6 nitrogen and oxygen atoms in total. The maximum atomic E-state index is 12.1. The van der Waals surface area contributed by atoms with Crippen LogP contribution in [0.5, 0.6) is 11.5 Å². The summed E-state index contributed by atoms with van der Waals surface area (Å²) in [5.41, 5.74) is -0.00402. The summed E-state index contributed by atoms with van der Waals surface area (Å²) in [5, 5.41) is 0.120. The van der Waals surface area contributed by atoms with Gasteiger partial charge in [0.05, 0.1) is 22.1 Å². The summed E-state index contributed by atoms with van der Waals surface area (Å²) in [5.74, 6) is 0.643. The Kier molecular flexibility index (Phi) is 6.88. The largest absolute Gasteiger partial charge is 0.494 e. The van der Waals surface area contributed by atoms with Gasteiger partial charge in [0.1, 0.15) is 24.7 Å². The second-order valence-corrected chi connectivity index (χ2v) is 7.73. The number of sulfone groups is 1. The Morgan fingerprint density at radius 1 is 1.00 bits per heavy atom. The van der Waals surface area contributed by atoms with Crippen LogP contribution >= 0.6 is 11.6 Å². The van der Waals surface area contributed by atoms with Crippen LogP contribution in [0, 0.1) is 0 Å². The maximum absolute atomic E-state index is 12.1. The van der Waals surface area contributed by atoms with Crippen molar-refractivity contribution in [1.29, 1.82) is 0 Å². The number of halogens is 1. The molecule has 0 aliphatic carbocycles. The number of ether oxygens (including phenoxy) is 3. The molecule has 0 radical (unpaired) electrons. The first-order chi connectivity index (χ1) is 12.3. The van der Waals surface area contributed by atoms with Gasteiger partial charge < -0.3 is 14.2 Å². The van der Waals surface area contributed by atoms with E-state index in [1.165, 1.54) is 18.2 Å². The molecule has 2 aromatic carbocycles. The molecular formula is C18H19ClO6S. The van der Waals surface area contributed by atoms with Crippen molar-refractivity contribution in [3.05, 3.63) is 53.1 Å². The third-order valence-corrected chi connectivity index (χ3v) is 4.75. The maximum Gasteiger partial charge on any atom is 0.339 e. The van der Waals surface area contributed by atoms with Crippen molar-refractivity contribution in [1.82, 2.24) is 0 Å². The smallest absolute Gasteiger partial charge is 0.339 e. The van der Waals surface area contributed by atoms with Crippen molar-refractivity contribution in [3.63, 3.8) is 0 Å². The molecule has 140 valence electrons. The Morgan fingerprint density at radius 3 is 2.19 bits per heavy atom. The standard InChI is InChI=1S/C18H19ClO6S/c1-3-23-13-4-6-14(7-5-13)24-10-11-25-18(20)16-12-15(26(2,21)22)8-9-17(16)19/h4-9,12H,3,10-11H2,1-2H3. The fourth-order valence-electron chi connectivity index (χ4n) is 2.06. The van der Waals surface area contributed by atoms with Crippen molar-refractivity contribution in [2.75, 3.05) is 26.1 Å². The molecule has 0 fully saturated rings. The van der Waals surface area contributed by atoms with E-state index < -0.39 is 15.8 Å². The Balaban J connectivity index is 1.89. The Hall–Kier alpha value is -2.25. The molecule has 0 aliphatic rings. The van der Waals surface area contributed by atoms with Crippen molar-refractivity contribution in [3.8, 4) is 11.5 Å². The summed E-state index contributed by atoms with van der Waals surface area (Å²) in [6, 6.07) is 10.9. The third-order valence-electron chi connectivity index (χ3n) is 3.31. The second kappa shape index (κ2) is 8.91. The highest BCUT2D eigenvalue weighted by molar-refractivity contribution is 7.90. The van der Waals surface area contributed by atoms with E-state index in [-0.39, 0.29) is 28.7 Å². The zero-order valence-electron chi connectivity index (χ0n) is 14.4. The van der Waals surface area contributed by atoms with Gasteiger partial charge in [0, 0.05) is 6.26 Å². The van der Waals surface area contributed by atoms with Gasteiger partial charge in [-0.05, 0) is 49.4 Å². The van der Waals surface area contributed by atoms with Crippen LogP contribution in [-0.2, 0) is 14.6 Å². The molecular weight excluding hydrogens is 380 g/mol. The van der Waals surface area contributed by atoms with E-state index in [1.807, 2.05) is 6.92 Å². The number of hydrogen-bond acceptors (Lipinski definition) is 6. The van der Waals surface area contributed by atoms with Gasteiger partial charge in [-0.1, -0.05) is 11.6 Å². The molecule has 0 N–H and O–H groups in total. The van der Waals surface area contributed by atoms with Gasteiger partial charge in [0.25, 0.3) is 0 Å². The lowest BCUT2D eigenvalue weighted by Crippen LogP contribution is -2.13. The molecule has 0 bridgehead atoms. The Morgan fingerprint density at radius 2 is 1.62 bits per heavy atom. The molecule has 0 amide bonds. The minimum atomic E-state index is -3.45. The van der Waals surface area contributed by atoms with E-state index in [9.17, 15) is 13.2 Å². The van der Waals surface area contributed by atoms with Crippen molar-refractivity contribution in [2.24, 2.45) is 0 Å². The molecule has 0 spiro atoms. The van der Waals surface area contributed by atoms with E-state index >= 15 is 0 Å². The molecule has 26 heavy (non-hydrogen) atoms. The Labute approximate surface area is 157 Å². The molecule has 0 aromatic heterocycles. The molecule has 2 aromatic rings. The first kappa shape index (κ1) is 20.1. The fraction of sp³-hybridized carbons (Fsp3) is 0.278. The topological polar surface area (TPSA) is 78.9 Å². The van der Waals surface area contributed by atoms with Crippen LogP contribution < -0.4 is 9.47 Å². The number of esters is 1. The van der Waals surface area contributed by atoms with Gasteiger partial charge in [0.15, 0.2) is 9.84 Å². The van der Waals surface area contributed by atoms with E-state index in [0.29, 0.717) is 12.4 Å². The van der Waals surface area contributed by atoms with Gasteiger partial charge in [-0.25, -0.2) is 13.2 Å². The average molecular weight is 399 g/mol. The van der Waals surface area contributed by atoms with Gasteiger partial charge >= 0.3 is 5.97 Å². The molecule has 0 aliphatic heterocycles. The van der Waals surface area contributed by atoms with Crippen molar-refractivity contribution >= 4 is 27.4 Å². The molecule has 0 atom stereocenters. The predicted molar refractivity (Wildman–Crippen MR) is 98.0 cm³/mol. The lowest BCUT2D eigenvalue weighted by atomic mass is 10.2. The second-order valence-electron chi connectivity index (χ2n) is 5.30. The van der Waals surface area contributed by atoms with Crippen LogP contribution in [0.25, 0.3) is 0 Å². The highest BCUT2D eigenvalue weighted by atomic mass is 35.5. The zero-order chi connectivity index (χ0) is 19.2. The number of hydrogen-bond donors (Lipinski definition) is 0. The quantitative estimate of drug-likeness (QED) is 0.501. The van der Waals surface area contributed by atoms with Crippen LogP contribution in [0.15, 0.2) is 47.4 Å². The Bertz CT molecular complexity index is 862. The lowest BCUT2D eigenvalue weighted by Gasteiger charge is -2.10. The summed E-state index contributed by atoms with van der Waals surface area (Å²) in [6.07, 6.45) is 1.05. The number of benzene rings is 2. The third kappa shape index (κ3) is 5.64. The van der Waals surface area contributed by atoms with E-state index in [4.69, 9.17) is 25.8 Å². The fourth-order valence-corrected chi connectivity index (χ4v) is 2.90. The minimum absolute atomic E-state index is 0.000474. The van der Waals surface area contributed by atoms with E-state index in [0.717, 1.165) is 12.0 Å². The zero-order valence-corrected chi connectivity index (χ0v) is 16.0.